The second-order valence-electron chi connectivity index (χ2n) is 4.41. The van der Waals surface area contributed by atoms with Crippen molar-refractivity contribution in [1.82, 2.24) is 24.6 Å². The summed E-state index contributed by atoms with van der Waals surface area (Å²) in [4.78, 5) is 9.00. The number of nitrogens with one attached hydrogen (secondary N) is 1. The molecule has 0 saturated heterocycles. The van der Waals surface area contributed by atoms with E-state index in [0.29, 0.717) is 0 Å². The van der Waals surface area contributed by atoms with Gasteiger partial charge < -0.3 is 5.32 Å². The summed E-state index contributed by atoms with van der Waals surface area (Å²) >= 11 is 1.49. The van der Waals surface area contributed by atoms with Gasteiger partial charge in [0.05, 0.1) is 0 Å². The number of pyridine rings is 1. The highest BCUT2D eigenvalue weighted by Gasteiger charge is 2.10. The Bertz CT molecular complexity index is 754. The zero-order valence-electron chi connectivity index (χ0n) is 11.9. The molecule has 0 unspecified atom stereocenters. The first-order valence-corrected chi connectivity index (χ1v) is 7.71. The Morgan fingerprint density at radius 1 is 1.19 bits per heavy atom. The summed E-state index contributed by atoms with van der Waals surface area (Å²) in [6, 6.07) is 7.78. The number of hydrogen-bond donors (Lipinski definition) is 1. The molecular formula is C14H16N6S. The van der Waals surface area contributed by atoms with E-state index < -0.39 is 0 Å². The molecule has 3 rings (SSSR count). The highest BCUT2D eigenvalue weighted by Crippen LogP contribution is 2.26. The fourth-order valence-corrected chi connectivity index (χ4v) is 2.78. The average Bonchev–Trinajstić information content (AvgIpc) is 2.91. The lowest BCUT2D eigenvalue weighted by Crippen LogP contribution is -2.04. The number of nitrogens with zero attached hydrogens (tertiary/aromatic N) is 5. The Morgan fingerprint density at radius 3 is 2.90 bits per heavy atom. The van der Waals surface area contributed by atoms with Gasteiger partial charge in [-0.1, -0.05) is 13.0 Å². The van der Waals surface area contributed by atoms with Crippen LogP contribution in [0.3, 0.4) is 0 Å². The van der Waals surface area contributed by atoms with Crippen molar-refractivity contribution >= 4 is 23.2 Å². The van der Waals surface area contributed by atoms with Gasteiger partial charge in [0.25, 0.3) is 0 Å². The fraction of sp³-hybridized carbons (Fsp3) is 0.286. The Hall–Kier alpha value is -2.15. The zero-order valence-corrected chi connectivity index (χ0v) is 12.8. The lowest BCUT2D eigenvalue weighted by Gasteiger charge is -2.07. The van der Waals surface area contributed by atoms with Crippen LogP contribution in [0.2, 0.25) is 0 Å². The molecule has 0 bridgehead atoms. The summed E-state index contributed by atoms with van der Waals surface area (Å²) < 4.78 is 1.95. The second-order valence-corrected chi connectivity index (χ2v) is 5.39. The number of aromatic nitrogens is 5. The minimum absolute atomic E-state index is 0.799. The zero-order chi connectivity index (χ0) is 14.7. The van der Waals surface area contributed by atoms with E-state index in [1.807, 2.05) is 48.7 Å². The normalized spacial score (nSPS) is 11.0. The van der Waals surface area contributed by atoms with Gasteiger partial charge in [0, 0.05) is 25.2 Å². The molecule has 0 fully saturated rings. The van der Waals surface area contributed by atoms with Gasteiger partial charge in [0.15, 0.2) is 5.65 Å². The van der Waals surface area contributed by atoms with Crippen molar-refractivity contribution in [2.45, 2.75) is 30.5 Å². The molecule has 6 nitrogen and oxygen atoms in total. The first kappa shape index (κ1) is 13.8. The second kappa shape index (κ2) is 6.09. The van der Waals surface area contributed by atoms with Crippen LogP contribution in [0.25, 0.3) is 5.65 Å². The Labute approximate surface area is 127 Å². The van der Waals surface area contributed by atoms with Crippen LogP contribution < -0.4 is 5.32 Å². The van der Waals surface area contributed by atoms with Crippen molar-refractivity contribution in [3.63, 3.8) is 0 Å². The molecule has 3 aromatic rings. The highest BCUT2D eigenvalue weighted by molar-refractivity contribution is 7.99. The van der Waals surface area contributed by atoms with Crippen molar-refractivity contribution < 1.29 is 0 Å². The minimum atomic E-state index is 0.799. The molecule has 21 heavy (non-hydrogen) atoms. The summed E-state index contributed by atoms with van der Waals surface area (Å²) in [6.45, 7) is 4.93. The largest absolute Gasteiger partial charge is 0.370 e. The van der Waals surface area contributed by atoms with Gasteiger partial charge in [-0.25, -0.2) is 9.97 Å². The predicted molar refractivity (Wildman–Crippen MR) is 82.7 cm³/mol. The highest BCUT2D eigenvalue weighted by atomic mass is 32.2. The van der Waals surface area contributed by atoms with Crippen molar-refractivity contribution in [2.24, 2.45) is 0 Å². The Morgan fingerprint density at radius 2 is 2.10 bits per heavy atom. The third-order valence-electron chi connectivity index (χ3n) is 2.90. The van der Waals surface area contributed by atoms with E-state index in [2.05, 4.69) is 25.5 Å². The Kier molecular flexibility index (Phi) is 4.01. The number of rotatable bonds is 5. The molecule has 0 atom stereocenters. The SMILES string of the molecule is CCNc1cc(Sc2nnc3ccccn23)nc(CC)n1. The molecule has 0 amide bonds. The molecule has 0 spiro atoms. The van der Waals surface area contributed by atoms with E-state index in [1.165, 1.54) is 11.8 Å². The molecule has 108 valence electrons. The number of fused-ring (bicyclic) bond motifs is 1. The van der Waals surface area contributed by atoms with Gasteiger partial charge >= 0.3 is 0 Å². The summed E-state index contributed by atoms with van der Waals surface area (Å²) in [5, 5.41) is 13.3. The van der Waals surface area contributed by atoms with E-state index in [1.54, 1.807) is 0 Å². The van der Waals surface area contributed by atoms with E-state index >= 15 is 0 Å². The molecule has 0 saturated carbocycles. The summed E-state index contributed by atoms with van der Waals surface area (Å²) in [6.07, 6.45) is 2.75. The Balaban J connectivity index is 1.95. The van der Waals surface area contributed by atoms with Crippen molar-refractivity contribution in [1.29, 1.82) is 0 Å². The van der Waals surface area contributed by atoms with Crippen molar-refractivity contribution in [3.8, 4) is 0 Å². The smallest absolute Gasteiger partial charge is 0.201 e. The molecule has 1 N–H and O–H groups in total. The van der Waals surface area contributed by atoms with Gasteiger partial charge in [0.1, 0.15) is 16.7 Å². The van der Waals surface area contributed by atoms with Crippen LogP contribution in [0.4, 0.5) is 5.82 Å². The third kappa shape index (κ3) is 2.97. The van der Waals surface area contributed by atoms with Gasteiger partial charge in [-0.2, -0.15) is 0 Å². The predicted octanol–water partition coefficient (Wildman–Crippen LogP) is 2.66. The topological polar surface area (TPSA) is 68.0 Å². The summed E-state index contributed by atoms with van der Waals surface area (Å²) in [7, 11) is 0. The maximum Gasteiger partial charge on any atom is 0.201 e. The molecular weight excluding hydrogens is 284 g/mol. The van der Waals surface area contributed by atoms with Crippen LogP contribution in [0.5, 0.6) is 0 Å². The fourth-order valence-electron chi connectivity index (χ4n) is 1.94. The third-order valence-corrected chi connectivity index (χ3v) is 3.78. The molecule has 0 aliphatic rings. The molecule has 3 aromatic heterocycles. The lowest BCUT2D eigenvalue weighted by atomic mass is 10.4. The molecule has 0 radical (unpaired) electrons. The first-order valence-electron chi connectivity index (χ1n) is 6.89. The maximum atomic E-state index is 4.55. The van der Waals surface area contributed by atoms with Crippen molar-refractivity contribution in [3.05, 3.63) is 36.3 Å². The van der Waals surface area contributed by atoms with Crippen LogP contribution in [0.15, 0.2) is 40.6 Å². The number of anilines is 1. The minimum Gasteiger partial charge on any atom is -0.370 e. The van der Waals surface area contributed by atoms with E-state index in [9.17, 15) is 0 Å². The van der Waals surface area contributed by atoms with Gasteiger partial charge in [0.2, 0.25) is 5.16 Å². The van der Waals surface area contributed by atoms with E-state index in [-0.39, 0.29) is 0 Å². The number of hydrogen-bond acceptors (Lipinski definition) is 6. The number of aryl methyl sites for hydroxylation is 1. The van der Waals surface area contributed by atoms with Gasteiger partial charge in [-0.05, 0) is 30.8 Å². The van der Waals surface area contributed by atoms with Crippen LogP contribution in [-0.4, -0.2) is 31.1 Å². The summed E-state index contributed by atoms with van der Waals surface area (Å²) in [5.74, 6) is 1.67. The first-order chi connectivity index (χ1) is 10.3. The van der Waals surface area contributed by atoms with Crippen LogP contribution in [-0.2, 0) is 6.42 Å². The lowest BCUT2D eigenvalue weighted by molar-refractivity contribution is 0.875. The average molecular weight is 300 g/mol. The van der Waals surface area contributed by atoms with Gasteiger partial charge in [-0.15, -0.1) is 10.2 Å². The maximum absolute atomic E-state index is 4.55. The van der Waals surface area contributed by atoms with Gasteiger partial charge in [-0.3, -0.25) is 4.40 Å². The van der Waals surface area contributed by atoms with Crippen LogP contribution >= 0.6 is 11.8 Å². The quantitative estimate of drug-likeness (QED) is 0.731. The van der Waals surface area contributed by atoms with E-state index in [4.69, 9.17) is 0 Å². The standard InChI is InChI=1S/C14H16N6S/c1-3-10-16-11(15-4-2)9-13(17-10)21-14-19-18-12-7-5-6-8-20(12)14/h5-9H,3-4H2,1-2H3,(H,15,16,17). The molecule has 3 heterocycles. The monoisotopic (exact) mass is 300 g/mol. The summed E-state index contributed by atoms with van der Waals surface area (Å²) in [5.41, 5.74) is 0.830. The molecule has 0 aliphatic heterocycles. The van der Waals surface area contributed by atoms with Crippen molar-refractivity contribution in [2.75, 3.05) is 11.9 Å². The van der Waals surface area contributed by atoms with E-state index in [0.717, 1.165) is 40.4 Å². The van der Waals surface area contributed by atoms with Crippen LogP contribution in [0, 0.1) is 0 Å². The molecule has 0 aromatic carbocycles. The molecule has 0 aliphatic carbocycles. The molecule has 7 heteroatoms. The van der Waals surface area contributed by atoms with Crippen LogP contribution in [0.1, 0.15) is 19.7 Å².